The lowest BCUT2D eigenvalue weighted by Gasteiger charge is -2.04. The maximum Gasteiger partial charge on any atom is 0.313 e. The van der Waals surface area contributed by atoms with Crippen molar-refractivity contribution in [2.75, 3.05) is 6.61 Å². The molecule has 4 heteroatoms. The molecule has 4 nitrogen and oxygen atoms in total. The fourth-order valence-electron chi connectivity index (χ4n) is 4.64. The predicted octanol–water partition coefficient (Wildman–Crippen LogP) is 10.3. The average molecular weight is 535 g/mol. The topological polar surface area (TPSA) is 63.6 Å². The Morgan fingerprint density at radius 2 is 0.868 bits per heavy atom. The largest absolute Gasteiger partial charge is 0.396 e. The van der Waals surface area contributed by atoms with Gasteiger partial charge in [0.2, 0.25) is 0 Å². The lowest BCUT2D eigenvalue weighted by molar-refractivity contribution is -0.159. The highest BCUT2D eigenvalue weighted by Crippen LogP contribution is 2.14. The maximum absolute atomic E-state index is 11.9. The minimum atomic E-state index is -0.353. The molecule has 1 N–H and O–H groups in total. The van der Waals surface area contributed by atoms with E-state index in [1.54, 1.807) is 0 Å². The first-order valence-electron chi connectivity index (χ1n) is 16.3. The van der Waals surface area contributed by atoms with Crippen molar-refractivity contribution in [1.82, 2.24) is 0 Å². The lowest BCUT2D eigenvalue weighted by Crippen LogP contribution is -2.11. The van der Waals surface area contributed by atoms with Crippen LogP contribution in [-0.2, 0) is 14.3 Å². The summed E-state index contributed by atoms with van der Waals surface area (Å²) in [6.45, 7) is 2.57. The van der Waals surface area contributed by atoms with Gasteiger partial charge >= 0.3 is 11.9 Å². The minimum absolute atomic E-state index is 0.330. The molecule has 222 valence electrons. The van der Waals surface area contributed by atoms with Crippen molar-refractivity contribution in [3.63, 3.8) is 0 Å². The number of unbranched alkanes of at least 4 members (excludes halogenated alkanes) is 20. The van der Waals surface area contributed by atoms with Crippen LogP contribution in [0.4, 0.5) is 0 Å². The highest BCUT2D eigenvalue weighted by Gasteiger charge is 2.09. The summed E-state index contributed by atoms with van der Waals surface area (Å²) in [4.78, 5) is 23.7. The van der Waals surface area contributed by atoms with Gasteiger partial charge in [0.1, 0.15) is 0 Å². The molecular weight excluding hydrogens is 472 g/mol. The summed E-state index contributed by atoms with van der Waals surface area (Å²) >= 11 is 0. The van der Waals surface area contributed by atoms with E-state index in [2.05, 4.69) is 31.2 Å². The van der Waals surface area contributed by atoms with Crippen LogP contribution in [0.3, 0.4) is 0 Å². The summed E-state index contributed by atoms with van der Waals surface area (Å²) < 4.78 is 4.98. The maximum atomic E-state index is 11.9. The van der Waals surface area contributed by atoms with Crippen molar-refractivity contribution in [3.05, 3.63) is 24.3 Å². The zero-order chi connectivity index (χ0) is 27.8. The number of esters is 2. The average Bonchev–Trinajstić information content (AvgIpc) is 2.91. The Kier molecular flexibility index (Phi) is 30.6. The van der Waals surface area contributed by atoms with Gasteiger partial charge in [0, 0.05) is 19.4 Å². The van der Waals surface area contributed by atoms with Crippen LogP contribution in [-0.4, -0.2) is 23.7 Å². The third-order valence-electron chi connectivity index (χ3n) is 7.10. The molecule has 0 unspecified atom stereocenters. The fourth-order valence-corrected chi connectivity index (χ4v) is 4.64. The standard InChI is InChI=1S/C34H62O4/c1-2-3-4-5-6-7-8-9-10-12-15-18-21-24-27-30-33(36)38-34(37)31-28-25-22-19-16-13-11-14-17-20-23-26-29-32-35/h6-7,9-10,35H,2-5,8,11-32H2,1H3. The number of carbonyl (C=O) groups is 2. The molecule has 0 atom stereocenters. The molecule has 0 aliphatic heterocycles. The Bertz CT molecular complexity index is 567. The van der Waals surface area contributed by atoms with E-state index in [0.29, 0.717) is 19.4 Å². The molecule has 0 aromatic carbocycles. The van der Waals surface area contributed by atoms with E-state index in [1.165, 1.54) is 89.9 Å². The lowest BCUT2D eigenvalue weighted by atomic mass is 10.0. The quantitative estimate of drug-likeness (QED) is 0.0448. The summed E-state index contributed by atoms with van der Waals surface area (Å²) in [6, 6.07) is 0. The number of aliphatic hydroxyl groups is 1. The zero-order valence-electron chi connectivity index (χ0n) is 25.1. The van der Waals surface area contributed by atoms with Gasteiger partial charge in [-0.25, -0.2) is 0 Å². The molecular formula is C34H62O4. The molecule has 0 aromatic rings. The van der Waals surface area contributed by atoms with Crippen LogP contribution in [0.15, 0.2) is 24.3 Å². The number of allylic oxidation sites excluding steroid dienone is 4. The summed E-state index contributed by atoms with van der Waals surface area (Å²) in [5.41, 5.74) is 0. The summed E-state index contributed by atoms with van der Waals surface area (Å²) in [5, 5.41) is 8.76. The van der Waals surface area contributed by atoms with Crippen molar-refractivity contribution in [3.8, 4) is 0 Å². The summed E-state index contributed by atoms with van der Waals surface area (Å²) in [7, 11) is 0. The number of hydrogen-bond donors (Lipinski definition) is 1. The van der Waals surface area contributed by atoms with E-state index in [0.717, 1.165) is 64.2 Å². The molecule has 0 rings (SSSR count). The van der Waals surface area contributed by atoms with Crippen molar-refractivity contribution >= 4 is 11.9 Å². The van der Waals surface area contributed by atoms with Crippen LogP contribution in [0.1, 0.15) is 174 Å². The molecule has 0 radical (unpaired) electrons. The Balaban J connectivity index is 3.36. The molecule has 0 aliphatic carbocycles. The molecule has 38 heavy (non-hydrogen) atoms. The molecule has 0 spiro atoms. The minimum Gasteiger partial charge on any atom is -0.396 e. The first kappa shape index (κ1) is 36.6. The van der Waals surface area contributed by atoms with E-state index in [4.69, 9.17) is 9.84 Å². The van der Waals surface area contributed by atoms with Gasteiger partial charge in [-0.1, -0.05) is 134 Å². The highest BCUT2D eigenvalue weighted by molar-refractivity contribution is 5.85. The molecule has 0 amide bonds. The van der Waals surface area contributed by atoms with Crippen molar-refractivity contribution in [2.24, 2.45) is 0 Å². The molecule has 0 saturated heterocycles. The Morgan fingerprint density at radius 3 is 1.29 bits per heavy atom. The Labute approximate surface area is 236 Å². The van der Waals surface area contributed by atoms with Gasteiger partial charge in [-0.05, 0) is 51.4 Å². The van der Waals surface area contributed by atoms with Crippen LogP contribution in [0.25, 0.3) is 0 Å². The van der Waals surface area contributed by atoms with Crippen molar-refractivity contribution < 1.29 is 19.4 Å². The molecule has 0 aliphatic rings. The third kappa shape index (κ3) is 30.8. The van der Waals surface area contributed by atoms with E-state index in [1.807, 2.05) is 0 Å². The van der Waals surface area contributed by atoms with Crippen LogP contribution >= 0.6 is 0 Å². The number of rotatable bonds is 29. The van der Waals surface area contributed by atoms with Gasteiger partial charge in [-0.15, -0.1) is 0 Å². The van der Waals surface area contributed by atoms with E-state index < -0.39 is 0 Å². The number of ether oxygens (including phenoxy) is 1. The second kappa shape index (κ2) is 31.8. The summed E-state index contributed by atoms with van der Waals surface area (Å²) in [5.74, 6) is -0.703. The van der Waals surface area contributed by atoms with E-state index in [9.17, 15) is 9.59 Å². The van der Waals surface area contributed by atoms with Crippen molar-refractivity contribution in [2.45, 2.75) is 174 Å². The molecule has 0 saturated carbocycles. The van der Waals surface area contributed by atoms with Gasteiger partial charge in [-0.3, -0.25) is 9.59 Å². The van der Waals surface area contributed by atoms with Gasteiger partial charge in [-0.2, -0.15) is 0 Å². The van der Waals surface area contributed by atoms with E-state index >= 15 is 0 Å². The predicted molar refractivity (Wildman–Crippen MR) is 162 cm³/mol. The highest BCUT2D eigenvalue weighted by atomic mass is 16.6. The van der Waals surface area contributed by atoms with Crippen molar-refractivity contribution in [1.29, 1.82) is 0 Å². The van der Waals surface area contributed by atoms with Gasteiger partial charge in [0.05, 0.1) is 0 Å². The Morgan fingerprint density at radius 1 is 0.500 bits per heavy atom. The number of carbonyl (C=O) groups excluding carboxylic acids is 2. The third-order valence-corrected chi connectivity index (χ3v) is 7.10. The van der Waals surface area contributed by atoms with Gasteiger partial charge in [0.25, 0.3) is 0 Å². The number of aliphatic hydroxyl groups excluding tert-OH is 1. The Hall–Kier alpha value is -1.42. The molecule has 0 aromatic heterocycles. The van der Waals surface area contributed by atoms with Gasteiger partial charge < -0.3 is 9.84 Å². The molecule has 0 fully saturated rings. The van der Waals surface area contributed by atoms with Crippen LogP contribution in [0.2, 0.25) is 0 Å². The SMILES string of the molecule is CCCCCC=CCC=CCCCCCCCC(=O)OC(=O)CCCCCCCCCCCCCCCO. The monoisotopic (exact) mass is 534 g/mol. The smallest absolute Gasteiger partial charge is 0.313 e. The fraction of sp³-hybridized carbons (Fsp3) is 0.824. The first-order chi connectivity index (χ1) is 18.7. The normalized spacial score (nSPS) is 11.6. The second-order valence-electron chi connectivity index (χ2n) is 10.9. The van der Waals surface area contributed by atoms with E-state index in [-0.39, 0.29) is 11.9 Å². The van der Waals surface area contributed by atoms with Gasteiger partial charge in [0.15, 0.2) is 0 Å². The summed E-state index contributed by atoms with van der Waals surface area (Å²) in [6.07, 6.45) is 38.0. The first-order valence-corrected chi connectivity index (χ1v) is 16.3. The zero-order valence-corrected chi connectivity index (χ0v) is 25.1. The van der Waals surface area contributed by atoms with Crippen LogP contribution in [0, 0.1) is 0 Å². The number of hydrogen-bond acceptors (Lipinski definition) is 4. The van der Waals surface area contributed by atoms with Crippen LogP contribution < -0.4 is 0 Å². The molecule has 0 bridgehead atoms. The van der Waals surface area contributed by atoms with Crippen LogP contribution in [0.5, 0.6) is 0 Å². The molecule has 0 heterocycles. The second-order valence-corrected chi connectivity index (χ2v) is 10.9.